The molecule has 5 heteroatoms. The summed E-state index contributed by atoms with van der Waals surface area (Å²) in [6.07, 6.45) is 2.64. The summed E-state index contributed by atoms with van der Waals surface area (Å²) >= 11 is 1.59. The highest BCUT2D eigenvalue weighted by Crippen LogP contribution is 2.16. The summed E-state index contributed by atoms with van der Waals surface area (Å²) in [5.41, 5.74) is 6.30. The molecule has 0 radical (unpaired) electrons. The van der Waals surface area contributed by atoms with E-state index in [1.54, 1.807) is 11.3 Å². The Balaban J connectivity index is 1.88. The Labute approximate surface area is 117 Å². The van der Waals surface area contributed by atoms with Crippen molar-refractivity contribution in [2.45, 2.75) is 31.9 Å². The third-order valence-corrected chi connectivity index (χ3v) is 3.89. The molecule has 1 aliphatic rings. The summed E-state index contributed by atoms with van der Waals surface area (Å²) in [7, 11) is 0. The van der Waals surface area contributed by atoms with Crippen LogP contribution >= 0.6 is 11.3 Å². The van der Waals surface area contributed by atoms with Gasteiger partial charge in [0.25, 0.3) is 0 Å². The molecule has 4 nitrogen and oxygen atoms in total. The Kier molecular flexibility index (Phi) is 5.40. The van der Waals surface area contributed by atoms with Gasteiger partial charge in [-0.1, -0.05) is 11.8 Å². The van der Waals surface area contributed by atoms with E-state index in [1.165, 1.54) is 0 Å². The van der Waals surface area contributed by atoms with Crippen LogP contribution in [-0.4, -0.2) is 25.2 Å². The predicted octanol–water partition coefficient (Wildman–Crippen LogP) is 1.24. The third-order valence-electron chi connectivity index (χ3n) is 2.97. The number of thiophene rings is 1. The number of rotatable bonds is 3. The van der Waals surface area contributed by atoms with Crippen molar-refractivity contribution in [2.75, 3.05) is 13.2 Å². The quantitative estimate of drug-likeness (QED) is 0.818. The second kappa shape index (κ2) is 7.29. The molecule has 2 heterocycles. The van der Waals surface area contributed by atoms with Gasteiger partial charge in [0.05, 0.1) is 13.1 Å². The summed E-state index contributed by atoms with van der Waals surface area (Å²) < 4.78 is 5.45. The van der Waals surface area contributed by atoms with Crippen molar-refractivity contribution in [1.82, 2.24) is 5.32 Å². The monoisotopic (exact) mass is 278 g/mol. The standard InChI is InChI=1S/C14H18N2O2S/c15-7-3-4-11-6-9-19-13(11)10-16-14(17)12-5-1-2-8-18-12/h6,9,12H,1-2,5,7-8,10,15H2,(H,16,17). The first kappa shape index (κ1) is 14.1. The van der Waals surface area contributed by atoms with Crippen molar-refractivity contribution >= 4 is 17.2 Å². The fourth-order valence-electron chi connectivity index (χ4n) is 1.96. The fraction of sp³-hybridized carbons (Fsp3) is 0.500. The Bertz CT molecular complexity index is 481. The van der Waals surface area contributed by atoms with Crippen LogP contribution in [0.3, 0.4) is 0 Å². The lowest BCUT2D eigenvalue weighted by Gasteiger charge is -2.21. The lowest BCUT2D eigenvalue weighted by Crippen LogP contribution is -2.37. The van der Waals surface area contributed by atoms with Gasteiger partial charge in [0.15, 0.2) is 0 Å². The number of carbonyl (C=O) groups excluding carboxylic acids is 1. The van der Waals surface area contributed by atoms with Crippen molar-refractivity contribution in [3.05, 3.63) is 21.9 Å². The van der Waals surface area contributed by atoms with Crippen LogP contribution in [0.25, 0.3) is 0 Å². The van der Waals surface area contributed by atoms with Gasteiger partial charge in [0, 0.05) is 17.0 Å². The number of hydrogen-bond acceptors (Lipinski definition) is 4. The Hall–Kier alpha value is -1.35. The topological polar surface area (TPSA) is 64.3 Å². The van der Waals surface area contributed by atoms with E-state index in [2.05, 4.69) is 17.2 Å². The largest absolute Gasteiger partial charge is 0.368 e. The summed E-state index contributed by atoms with van der Waals surface area (Å²) in [5, 5.41) is 4.89. The van der Waals surface area contributed by atoms with E-state index in [0.29, 0.717) is 19.7 Å². The highest BCUT2D eigenvalue weighted by molar-refractivity contribution is 7.10. The molecule has 0 saturated carbocycles. The number of hydrogen-bond donors (Lipinski definition) is 2. The molecule has 1 aromatic rings. The van der Waals surface area contributed by atoms with Gasteiger partial charge < -0.3 is 15.8 Å². The fourth-order valence-corrected chi connectivity index (χ4v) is 2.73. The third kappa shape index (κ3) is 4.06. The number of ether oxygens (including phenoxy) is 1. The number of nitrogens with two attached hydrogens (primary N) is 1. The van der Waals surface area contributed by atoms with E-state index < -0.39 is 0 Å². The van der Waals surface area contributed by atoms with E-state index in [-0.39, 0.29) is 12.0 Å². The predicted molar refractivity (Wildman–Crippen MR) is 75.7 cm³/mol. The maximum atomic E-state index is 11.9. The van der Waals surface area contributed by atoms with Crippen LogP contribution in [0.5, 0.6) is 0 Å². The van der Waals surface area contributed by atoms with Crippen LogP contribution in [0.15, 0.2) is 11.4 Å². The highest BCUT2D eigenvalue weighted by atomic mass is 32.1. The summed E-state index contributed by atoms with van der Waals surface area (Å²) in [5.74, 6) is 5.82. The van der Waals surface area contributed by atoms with Gasteiger partial charge in [-0.25, -0.2) is 0 Å². The first-order valence-electron chi connectivity index (χ1n) is 6.46. The molecule has 0 spiro atoms. The lowest BCUT2D eigenvalue weighted by molar-refractivity contribution is -0.135. The molecular formula is C14H18N2O2S. The normalized spacial score (nSPS) is 18.5. The molecule has 1 aliphatic heterocycles. The Morgan fingerprint density at radius 3 is 3.21 bits per heavy atom. The zero-order valence-corrected chi connectivity index (χ0v) is 11.6. The molecule has 1 saturated heterocycles. The summed E-state index contributed by atoms with van der Waals surface area (Å²) in [4.78, 5) is 13.0. The smallest absolute Gasteiger partial charge is 0.249 e. The van der Waals surface area contributed by atoms with Crippen molar-refractivity contribution in [1.29, 1.82) is 0 Å². The molecule has 102 valence electrons. The summed E-state index contributed by atoms with van der Waals surface area (Å²) in [6, 6.07) is 1.95. The van der Waals surface area contributed by atoms with Crippen LogP contribution < -0.4 is 11.1 Å². The minimum Gasteiger partial charge on any atom is -0.368 e. The van der Waals surface area contributed by atoms with E-state index in [1.807, 2.05) is 11.4 Å². The molecule has 3 N–H and O–H groups in total. The van der Waals surface area contributed by atoms with Crippen LogP contribution in [0, 0.1) is 11.8 Å². The molecular weight excluding hydrogens is 260 g/mol. The highest BCUT2D eigenvalue weighted by Gasteiger charge is 2.21. The molecule has 1 unspecified atom stereocenters. The zero-order chi connectivity index (χ0) is 13.5. The molecule has 0 aliphatic carbocycles. The van der Waals surface area contributed by atoms with Crippen LogP contribution in [-0.2, 0) is 16.1 Å². The molecule has 0 aromatic carbocycles. The number of nitrogens with one attached hydrogen (secondary N) is 1. The van der Waals surface area contributed by atoms with Gasteiger partial charge in [0.1, 0.15) is 6.10 Å². The van der Waals surface area contributed by atoms with Crippen molar-refractivity contribution < 1.29 is 9.53 Å². The van der Waals surface area contributed by atoms with Gasteiger partial charge in [0.2, 0.25) is 5.91 Å². The molecule has 1 atom stereocenters. The molecule has 2 rings (SSSR count). The molecule has 1 fully saturated rings. The summed E-state index contributed by atoms with van der Waals surface area (Å²) in [6.45, 7) is 1.53. The minimum absolute atomic E-state index is 0.0224. The van der Waals surface area contributed by atoms with Gasteiger partial charge >= 0.3 is 0 Å². The average Bonchev–Trinajstić information content (AvgIpc) is 2.91. The average molecular weight is 278 g/mol. The van der Waals surface area contributed by atoms with Crippen LogP contribution in [0.4, 0.5) is 0 Å². The maximum Gasteiger partial charge on any atom is 0.249 e. The molecule has 1 amide bonds. The van der Waals surface area contributed by atoms with Gasteiger partial charge in [-0.2, -0.15) is 0 Å². The van der Waals surface area contributed by atoms with E-state index in [9.17, 15) is 4.79 Å². The van der Waals surface area contributed by atoms with Gasteiger partial charge in [-0.05, 0) is 30.7 Å². The van der Waals surface area contributed by atoms with Crippen molar-refractivity contribution in [2.24, 2.45) is 5.73 Å². The SMILES string of the molecule is NCC#Cc1ccsc1CNC(=O)C1CCCCO1. The van der Waals surface area contributed by atoms with Crippen molar-refractivity contribution in [3.8, 4) is 11.8 Å². The maximum absolute atomic E-state index is 11.9. The van der Waals surface area contributed by atoms with Crippen LogP contribution in [0.2, 0.25) is 0 Å². The Morgan fingerprint density at radius 1 is 1.58 bits per heavy atom. The second-order valence-electron chi connectivity index (χ2n) is 4.34. The van der Waals surface area contributed by atoms with E-state index in [0.717, 1.165) is 29.7 Å². The first-order valence-corrected chi connectivity index (χ1v) is 7.34. The molecule has 1 aromatic heterocycles. The first-order chi connectivity index (χ1) is 9.31. The van der Waals surface area contributed by atoms with E-state index in [4.69, 9.17) is 10.5 Å². The van der Waals surface area contributed by atoms with Crippen molar-refractivity contribution in [3.63, 3.8) is 0 Å². The van der Waals surface area contributed by atoms with Crippen LogP contribution in [0.1, 0.15) is 29.7 Å². The molecule has 19 heavy (non-hydrogen) atoms. The zero-order valence-electron chi connectivity index (χ0n) is 10.8. The molecule has 0 bridgehead atoms. The minimum atomic E-state index is -0.285. The number of carbonyl (C=O) groups is 1. The van der Waals surface area contributed by atoms with Gasteiger partial charge in [-0.15, -0.1) is 11.3 Å². The lowest BCUT2D eigenvalue weighted by atomic mass is 10.1. The number of amides is 1. The van der Waals surface area contributed by atoms with Gasteiger partial charge in [-0.3, -0.25) is 4.79 Å². The Morgan fingerprint density at radius 2 is 2.47 bits per heavy atom. The second-order valence-corrected chi connectivity index (χ2v) is 5.34. The van der Waals surface area contributed by atoms with E-state index >= 15 is 0 Å².